The first-order valence-electron chi connectivity index (χ1n) is 8.57. The molecule has 2 aromatic rings. The molecular formula is C17H21N3O7S. The van der Waals surface area contributed by atoms with Crippen LogP contribution >= 0.6 is 0 Å². The average Bonchev–Trinajstić information content (AvgIpc) is 3.15. The summed E-state index contributed by atoms with van der Waals surface area (Å²) in [5.41, 5.74) is -0.259. The van der Waals surface area contributed by atoms with E-state index in [1.54, 1.807) is 0 Å². The summed E-state index contributed by atoms with van der Waals surface area (Å²) in [6.07, 6.45) is 3.44. The number of carbonyl (C=O) groups is 1. The van der Waals surface area contributed by atoms with E-state index in [1.807, 2.05) is 6.92 Å². The van der Waals surface area contributed by atoms with Crippen LogP contribution in [0.2, 0.25) is 0 Å². The van der Waals surface area contributed by atoms with Gasteiger partial charge in [-0.15, -0.1) is 0 Å². The first kappa shape index (κ1) is 21.5. The number of oxazole rings is 1. The molecule has 0 fully saturated rings. The van der Waals surface area contributed by atoms with Crippen molar-refractivity contribution in [1.82, 2.24) is 9.29 Å². The van der Waals surface area contributed by atoms with Gasteiger partial charge in [-0.2, -0.15) is 4.31 Å². The van der Waals surface area contributed by atoms with Crippen LogP contribution in [0.15, 0.2) is 39.8 Å². The zero-order chi connectivity index (χ0) is 20.7. The number of benzene rings is 1. The van der Waals surface area contributed by atoms with Crippen molar-refractivity contribution in [2.75, 3.05) is 13.7 Å². The highest BCUT2D eigenvalue weighted by molar-refractivity contribution is 7.89. The Morgan fingerprint density at radius 2 is 1.96 bits per heavy atom. The number of hydrogen-bond acceptors (Lipinski definition) is 8. The Morgan fingerprint density at radius 3 is 2.54 bits per heavy atom. The molecule has 0 saturated heterocycles. The Morgan fingerprint density at radius 1 is 1.29 bits per heavy atom. The molecule has 0 N–H and O–H groups in total. The highest BCUT2D eigenvalue weighted by Crippen LogP contribution is 2.22. The number of nitrogens with zero attached hydrogens (tertiary/aromatic N) is 3. The zero-order valence-electron chi connectivity index (χ0n) is 15.5. The van der Waals surface area contributed by atoms with Crippen LogP contribution in [0.5, 0.6) is 0 Å². The number of esters is 1. The molecule has 28 heavy (non-hydrogen) atoms. The fraction of sp³-hybridized carbons (Fsp3) is 0.412. The molecular weight excluding hydrogens is 390 g/mol. The summed E-state index contributed by atoms with van der Waals surface area (Å²) in [6.45, 7) is 2.02. The van der Waals surface area contributed by atoms with E-state index in [0.29, 0.717) is 6.42 Å². The first-order chi connectivity index (χ1) is 13.3. The van der Waals surface area contributed by atoms with Crippen LogP contribution in [0.1, 0.15) is 42.6 Å². The van der Waals surface area contributed by atoms with Gasteiger partial charge >= 0.3 is 5.97 Å². The van der Waals surface area contributed by atoms with Crippen molar-refractivity contribution in [3.8, 4) is 0 Å². The third kappa shape index (κ3) is 5.14. The third-order valence-corrected chi connectivity index (χ3v) is 5.81. The summed E-state index contributed by atoms with van der Waals surface area (Å²) >= 11 is 0. The van der Waals surface area contributed by atoms with E-state index in [9.17, 15) is 23.3 Å². The molecule has 0 atom stereocenters. The normalized spacial score (nSPS) is 11.5. The molecule has 10 nitrogen and oxygen atoms in total. The van der Waals surface area contributed by atoms with E-state index in [2.05, 4.69) is 9.72 Å². The molecule has 0 aliphatic heterocycles. The third-order valence-electron chi connectivity index (χ3n) is 3.95. The number of rotatable bonds is 10. The van der Waals surface area contributed by atoms with Crippen LogP contribution in [0, 0.1) is 10.1 Å². The smallest absolute Gasteiger partial charge is 0.360 e. The number of carbonyl (C=O) groups excluding carboxylic acids is 1. The molecule has 11 heteroatoms. The van der Waals surface area contributed by atoms with Gasteiger partial charge in [-0.1, -0.05) is 19.8 Å². The Kier molecular flexibility index (Phi) is 7.24. The van der Waals surface area contributed by atoms with Gasteiger partial charge in [-0.25, -0.2) is 18.2 Å². The summed E-state index contributed by atoms with van der Waals surface area (Å²) < 4.78 is 36.9. The van der Waals surface area contributed by atoms with Gasteiger partial charge in [-0.05, 0) is 18.6 Å². The maximum absolute atomic E-state index is 13.0. The van der Waals surface area contributed by atoms with Gasteiger partial charge in [0, 0.05) is 18.7 Å². The molecule has 0 saturated carbocycles. The van der Waals surface area contributed by atoms with Crippen LogP contribution in [-0.2, 0) is 21.3 Å². The largest absolute Gasteiger partial charge is 0.464 e. The molecule has 0 aliphatic carbocycles. The van der Waals surface area contributed by atoms with Crippen LogP contribution < -0.4 is 0 Å². The molecule has 0 aliphatic rings. The number of nitro benzene ring substituents is 1. The van der Waals surface area contributed by atoms with E-state index < -0.39 is 20.9 Å². The molecule has 0 bridgehead atoms. The molecule has 152 valence electrons. The maximum Gasteiger partial charge on any atom is 0.360 e. The number of hydrogen-bond donors (Lipinski definition) is 0. The quantitative estimate of drug-likeness (QED) is 0.252. The van der Waals surface area contributed by atoms with E-state index >= 15 is 0 Å². The highest BCUT2D eigenvalue weighted by atomic mass is 32.2. The van der Waals surface area contributed by atoms with E-state index in [1.165, 1.54) is 23.5 Å². The summed E-state index contributed by atoms with van der Waals surface area (Å²) in [7, 11) is -2.74. The zero-order valence-corrected chi connectivity index (χ0v) is 16.3. The van der Waals surface area contributed by atoms with Crippen molar-refractivity contribution in [2.45, 2.75) is 37.6 Å². The molecule has 0 spiro atoms. The lowest BCUT2D eigenvalue weighted by atomic mass is 10.2. The minimum atomic E-state index is -3.94. The van der Waals surface area contributed by atoms with Gasteiger partial charge in [0.15, 0.2) is 5.69 Å². The number of methoxy groups -OCH3 is 1. The molecule has 0 radical (unpaired) electrons. The molecule has 0 amide bonds. The topological polar surface area (TPSA) is 133 Å². The minimum Gasteiger partial charge on any atom is -0.464 e. The number of unbranched alkanes of at least 4 members (excludes halogenated alkanes) is 2. The van der Waals surface area contributed by atoms with Crippen LogP contribution in [-0.4, -0.2) is 42.3 Å². The predicted octanol–water partition coefficient (Wildman–Crippen LogP) is 2.75. The molecule has 1 heterocycles. The fourth-order valence-corrected chi connectivity index (χ4v) is 3.87. The lowest BCUT2D eigenvalue weighted by Gasteiger charge is -2.20. The Bertz CT molecular complexity index is 922. The number of non-ortho nitro benzene ring substituents is 1. The molecule has 2 rings (SSSR count). The SMILES string of the molecule is CCCCCN(Cc1nc(C(=O)OC)co1)S(=O)(=O)c1ccc([N+](=O)[O-])cc1. The standard InChI is InChI=1S/C17H21N3O7S/c1-3-4-5-10-19(11-16-18-15(12-27-16)17(21)26-2)28(24,25)14-8-6-13(7-9-14)20(22)23/h6-9,12H,3-5,10-11H2,1-2H3. The van der Waals surface area contributed by atoms with Crippen LogP contribution in [0.25, 0.3) is 0 Å². The van der Waals surface area contributed by atoms with Crippen molar-refractivity contribution in [2.24, 2.45) is 0 Å². The van der Waals surface area contributed by atoms with Crippen molar-refractivity contribution >= 4 is 21.7 Å². The Hall–Kier alpha value is -2.79. The second-order valence-electron chi connectivity index (χ2n) is 5.91. The Balaban J connectivity index is 2.28. The van der Waals surface area contributed by atoms with Crippen molar-refractivity contribution in [3.63, 3.8) is 0 Å². The van der Waals surface area contributed by atoms with Crippen molar-refractivity contribution < 1.29 is 27.3 Å². The number of sulfonamides is 1. The molecule has 0 unspecified atom stereocenters. The average molecular weight is 411 g/mol. The second kappa shape index (κ2) is 9.42. The molecule has 1 aromatic carbocycles. The number of nitro groups is 1. The Labute approximate surface area is 162 Å². The molecule has 1 aromatic heterocycles. The monoisotopic (exact) mass is 411 g/mol. The van der Waals surface area contributed by atoms with Crippen LogP contribution in [0.3, 0.4) is 0 Å². The van der Waals surface area contributed by atoms with Crippen LogP contribution in [0.4, 0.5) is 5.69 Å². The van der Waals surface area contributed by atoms with Gasteiger partial charge in [0.25, 0.3) is 5.69 Å². The predicted molar refractivity (Wildman–Crippen MR) is 98.1 cm³/mol. The van der Waals surface area contributed by atoms with Gasteiger partial charge in [0.2, 0.25) is 15.9 Å². The van der Waals surface area contributed by atoms with Crippen molar-refractivity contribution in [3.05, 3.63) is 52.2 Å². The lowest BCUT2D eigenvalue weighted by Crippen LogP contribution is -2.32. The summed E-state index contributed by atoms with van der Waals surface area (Å²) in [4.78, 5) is 25.6. The van der Waals surface area contributed by atoms with Gasteiger partial charge in [0.1, 0.15) is 6.26 Å². The van der Waals surface area contributed by atoms with E-state index in [-0.39, 0.29) is 35.3 Å². The number of ether oxygens (including phenoxy) is 1. The highest BCUT2D eigenvalue weighted by Gasteiger charge is 2.27. The minimum absolute atomic E-state index is 0.0439. The lowest BCUT2D eigenvalue weighted by molar-refractivity contribution is -0.384. The summed E-state index contributed by atoms with van der Waals surface area (Å²) in [6, 6.07) is 4.65. The summed E-state index contributed by atoms with van der Waals surface area (Å²) in [5.74, 6) is -0.645. The van der Waals surface area contributed by atoms with Crippen molar-refractivity contribution in [1.29, 1.82) is 0 Å². The maximum atomic E-state index is 13.0. The van der Waals surface area contributed by atoms with Gasteiger partial charge in [-0.3, -0.25) is 10.1 Å². The summed E-state index contributed by atoms with van der Waals surface area (Å²) in [5, 5.41) is 10.8. The number of aromatic nitrogens is 1. The van der Waals surface area contributed by atoms with Gasteiger partial charge in [0.05, 0.1) is 23.5 Å². The first-order valence-corrected chi connectivity index (χ1v) is 10.0. The second-order valence-corrected chi connectivity index (χ2v) is 7.85. The van der Waals surface area contributed by atoms with E-state index in [4.69, 9.17) is 4.42 Å². The van der Waals surface area contributed by atoms with E-state index in [0.717, 1.165) is 31.2 Å². The fourth-order valence-electron chi connectivity index (χ4n) is 2.44. The van der Waals surface area contributed by atoms with Gasteiger partial charge < -0.3 is 9.15 Å².